The Morgan fingerprint density at radius 1 is 1.16 bits per heavy atom. The third-order valence-corrected chi connectivity index (χ3v) is 4.39. The molecule has 5 heteroatoms. The van der Waals surface area contributed by atoms with E-state index in [0.29, 0.717) is 15.2 Å². The van der Waals surface area contributed by atoms with Gasteiger partial charge in [0.2, 0.25) is 0 Å². The van der Waals surface area contributed by atoms with Gasteiger partial charge >= 0.3 is 0 Å². The first kappa shape index (κ1) is 14.8. The normalized spacial score (nSPS) is 12.3. The van der Waals surface area contributed by atoms with Crippen LogP contribution in [0.5, 0.6) is 0 Å². The van der Waals surface area contributed by atoms with Crippen molar-refractivity contribution in [1.82, 2.24) is 0 Å². The lowest BCUT2D eigenvalue weighted by atomic mass is 10.1. The lowest BCUT2D eigenvalue weighted by Crippen LogP contribution is -2.08. The zero-order chi connectivity index (χ0) is 14.0. The monoisotopic (exact) mass is 405 g/mol. The fourth-order valence-corrected chi connectivity index (χ4v) is 3.35. The van der Waals surface area contributed by atoms with Crippen LogP contribution in [0.3, 0.4) is 0 Å². The molecule has 1 N–H and O–H groups in total. The van der Waals surface area contributed by atoms with Gasteiger partial charge in [-0.1, -0.05) is 45.7 Å². The minimum atomic E-state index is -0.365. The van der Waals surface area contributed by atoms with E-state index in [4.69, 9.17) is 11.6 Å². The van der Waals surface area contributed by atoms with Crippen LogP contribution in [0.4, 0.5) is 10.1 Å². The van der Waals surface area contributed by atoms with E-state index < -0.39 is 0 Å². The van der Waals surface area contributed by atoms with Gasteiger partial charge in [-0.2, -0.15) is 0 Å². The number of rotatable bonds is 3. The quantitative estimate of drug-likeness (QED) is 0.641. The number of nitrogens with one attached hydrogen (secondary N) is 1. The van der Waals surface area contributed by atoms with E-state index >= 15 is 0 Å². The third kappa shape index (κ3) is 3.50. The predicted octanol–water partition coefficient (Wildman–Crippen LogP) is 6.18. The Labute approximate surface area is 133 Å². The first-order valence-corrected chi connectivity index (χ1v) is 7.61. The SMILES string of the molecule is CC(Nc1c(Cl)cc(F)cc1Br)c1ccccc1Br. The summed E-state index contributed by atoms with van der Waals surface area (Å²) in [5, 5.41) is 3.64. The average Bonchev–Trinajstić information content (AvgIpc) is 2.34. The molecule has 0 bridgehead atoms. The molecule has 0 saturated carbocycles. The van der Waals surface area contributed by atoms with E-state index in [2.05, 4.69) is 37.2 Å². The zero-order valence-electron chi connectivity index (χ0n) is 10.1. The Morgan fingerprint density at radius 3 is 2.47 bits per heavy atom. The Kier molecular flexibility index (Phi) is 4.87. The molecule has 0 spiro atoms. The molecule has 100 valence electrons. The van der Waals surface area contributed by atoms with Crippen molar-refractivity contribution < 1.29 is 4.39 Å². The van der Waals surface area contributed by atoms with Crippen molar-refractivity contribution in [2.75, 3.05) is 5.32 Å². The standard InChI is InChI=1S/C14H11Br2ClFN/c1-8(10-4-2-3-5-11(10)15)19-14-12(16)6-9(18)7-13(14)17/h2-8,19H,1H3. The summed E-state index contributed by atoms with van der Waals surface area (Å²) in [5.41, 5.74) is 1.79. The maximum absolute atomic E-state index is 13.2. The molecule has 1 unspecified atom stereocenters. The summed E-state index contributed by atoms with van der Waals surface area (Å²) in [5.74, 6) is -0.365. The van der Waals surface area contributed by atoms with E-state index in [1.54, 1.807) is 0 Å². The van der Waals surface area contributed by atoms with Crippen molar-refractivity contribution in [2.45, 2.75) is 13.0 Å². The van der Waals surface area contributed by atoms with Gasteiger partial charge < -0.3 is 5.32 Å². The molecule has 0 fully saturated rings. The van der Waals surface area contributed by atoms with Crippen LogP contribution in [0.25, 0.3) is 0 Å². The highest BCUT2D eigenvalue weighted by atomic mass is 79.9. The summed E-state index contributed by atoms with van der Waals surface area (Å²) in [7, 11) is 0. The molecule has 0 aromatic heterocycles. The van der Waals surface area contributed by atoms with Gasteiger partial charge in [0.1, 0.15) is 5.82 Å². The van der Waals surface area contributed by atoms with Gasteiger partial charge in [-0.25, -0.2) is 4.39 Å². The highest BCUT2D eigenvalue weighted by molar-refractivity contribution is 9.11. The number of hydrogen-bond donors (Lipinski definition) is 1. The second-order valence-corrected chi connectivity index (χ2v) is 6.25. The summed E-state index contributed by atoms with van der Waals surface area (Å²) >= 11 is 12.9. The lowest BCUT2D eigenvalue weighted by Gasteiger charge is -2.19. The molecule has 0 aliphatic heterocycles. The largest absolute Gasteiger partial charge is 0.376 e. The lowest BCUT2D eigenvalue weighted by molar-refractivity contribution is 0.627. The molecule has 1 atom stereocenters. The molecule has 1 nitrogen and oxygen atoms in total. The van der Waals surface area contributed by atoms with E-state index in [0.717, 1.165) is 10.0 Å². The van der Waals surface area contributed by atoms with Crippen molar-refractivity contribution in [3.8, 4) is 0 Å². The molecule has 0 radical (unpaired) electrons. The van der Waals surface area contributed by atoms with Gasteiger partial charge in [0.25, 0.3) is 0 Å². The highest BCUT2D eigenvalue weighted by Crippen LogP contribution is 2.35. The Bertz CT molecular complexity index is 581. The fraction of sp³-hybridized carbons (Fsp3) is 0.143. The van der Waals surface area contributed by atoms with Gasteiger partial charge in [0.05, 0.1) is 10.7 Å². The van der Waals surface area contributed by atoms with E-state index in [1.807, 2.05) is 31.2 Å². The molecule has 0 aliphatic rings. The van der Waals surface area contributed by atoms with Crippen LogP contribution in [0, 0.1) is 5.82 Å². The average molecular weight is 408 g/mol. The van der Waals surface area contributed by atoms with E-state index in [-0.39, 0.29) is 11.9 Å². The first-order valence-electron chi connectivity index (χ1n) is 5.64. The van der Waals surface area contributed by atoms with Gasteiger partial charge in [-0.15, -0.1) is 0 Å². The molecular formula is C14H11Br2ClFN. The number of halogens is 4. The summed E-state index contributed by atoms with van der Waals surface area (Å²) in [4.78, 5) is 0. The number of benzene rings is 2. The second-order valence-electron chi connectivity index (χ2n) is 4.13. The molecule has 0 aliphatic carbocycles. The van der Waals surface area contributed by atoms with Crippen LogP contribution in [0.1, 0.15) is 18.5 Å². The van der Waals surface area contributed by atoms with Crippen molar-refractivity contribution in [2.24, 2.45) is 0 Å². The topological polar surface area (TPSA) is 12.0 Å². The van der Waals surface area contributed by atoms with Crippen LogP contribution < -0.4 is 5.32 Å². The van der Waals surface area contributed by atoms with Crippen molar-refractivity contribution in [1.29, 1.82) is 0 Å². The van der Waals surface area contributed by atoms with Crippen molar-refractivity contribution in [3.63, 3.8) is 0 Å². The van der Waals surface area contributed by atoms with Crippen LogP contribution in [-0.4, -0.2) is 0 Å². The fourth-order valence-electron chi connectivity index (χ4n) is 1.80. The summed E-state index contributed by atoms with van der Waals surface area (Å²) in [6.45, 7) is 2.02. The predicted molar refractivity (Wildman–Crippen MR) is 85.3 cm³/mol. The van der Waals surface area contributed by atoms with E-state index in [9.17, 15) is 4.39 Å². The van der Waals surface area contributed by atoms with Gasteiger partial charge in [-0.3, -0.25) is 0 Å². The van der Waals surface area contributed by atoms with Crippen molar-refractivity contribution in [3.05, 3.63) is 61.7 Å². The molecule has 2 rings (SSSR count). The van der Waals surface area contributed by atoms with Gasteiger partial charge in [0.15, 0.2) is 0 Å². The molecule has 0 amide bonds. The second kappa shape index (κ2) is 6.25. The third-order valence-electron chi connectivity index (χ3n) is 2.74. The molecule has 0 saturated heterocycles. The minimum Gasteiger partial charge on any atom is -0.376 e. The maximum atomic E-state index is 13.2. The summed E-state index contributed by atoms with van der Waals surface area (Å²) < 4.78 is 14.8. The Hall–Kier alpha value is -0.580. The van der Waals surface area contributed by atoms with Crippen LogP contribution >= 0.6 is 43.5 Å². The number of hydrogen-bond acceptors (Lipinski definition) is 1. The molecular weight excluding hydrogens is 396 g/mol. The molecule has 19 heavy (non-hydrogen) atoms. The van der Waals surface area contributed by atoms with Crippen LogP contribution in [0.2, 0.25) is 5.02 Å². The maximum Gasteiger partial charge on any atom is 0.125 e. The van der Waals surface area contributed by atoms with E-state index in [1.165, 1.54) is 12.1 Å². The minimum absolute atomic E-state index is 0.0369. The van der Waals surface area contributed by atoms with Crippen molar-refractivity contribution >= 4 is 49.1 Å². The van der Waals surface area contributed by atoms with Crippen LogP contribution in [0.15, 0.2) is 45.3 Å². The molecule has 0 heterocycles. The van der Waals surface area contributed by atoms with Gasteiger partial charge in [0, 0.05) is 15.0 Å². The smallest absolute Gasteiger partial charge is 0.125 e. The highest BCUT2D eigenvalue weighted by Gasteiger charge is 2.13. The van der Waals surface area contributed by atoms with Gasteiger partial charge in [-0.05, 0) is 46.6 Å². The zero-order valence-corrected chi connectivity index (χ0v) is 14.0. The van der Waals surface area contributed by atoms with Crippen LogP contribution in [-0.2, 0) is 0 Å². The summed E-state index contributed by atoms with van der Waals surface area (Å²) in [6, 6.07) is 10.7. The summed E-state index contributed by atoms with van der Waals surface area (Å²) in [6.07, 6.45) is 0. The Morgan fingerprint density at radius 2 is 1.84 bits per heavy atom. The molecule has 2 aromatic rings. The number of anilines is 1. The first-order chi connectivity index (χ1) is 8.99. The Balaban J connectivity index is 2.29. The molecule has 2 aromatic carbocycles.